The molecule has 0 fully saturated rings. The first-order valence-corrected chi connectivity index (χ1v) is 9.85. The van der Waals surface area contributed by atoms with Crippen molar-refractivity contribution in [3.63, 3.8) is 0 Å². The van der Waals surface area contributed by atoms with Crippen LogP contribution in [0.15, 0.2) is 17.4 Å². The average molecular weight is 373 g/mol. The van der Waals surface area contributed by atoms with Gasteiger partial charge >= 0.3 is 0 Å². The highest BCUT2D eigenvalue weighted by atomic mass is 16.5. The maximum Gasteiger partial charge on any atom is 0.167 e. The van der Waals surface area contributed by atoms with Gasteiger partial charge < -0.3 is 14.9 Å². The Morgan fingerprint density at radius 3 is 2.44 bits per heavy atom. The predicted molar refractivity (Wildman–Crippen MR) is 106 cm³/mol. The smallest absolute Gasteiger partial charge is 0.167 e. The van der Waals surface area contributed by atoms with Crippen LogP contribution in [0.25, 0.3) is 0 Å². The number of Topliss-reactive ketones (excluding diaryl/α,β-unsaturated/α-hetero) is 1. The van der Waals surface area contributed by atoms with Gasteiger partial charge in [0.25, 0.3) is 0 Å². The Labute approximate surface area is 162 Å². The van der Waals surface area contributed by atoms with Crippen molar-refractivity contribution in [2.75, 3.05) is 0 Å². The standard InChI is InChI=1S/C23H32O4/c1-12(2)8-14-15-10-22(4,5)11-23(6,7)21(15)27-17-9-16(25)18(13(3)24)20(26)19(14)17/h9,12,14,25-26H,8,10-11H2,1-7H3. The first kappa shape index (κ1) is 19.8. The van der Waals surface area contributed by atoms with Crippen LogP contribution < -0.4 is 4.74 Å². The van der Waals surface area contributed by atoms with E-state index in [9.17, 15) is 15.0 Å². The van der Waals surface area contributed by atoms with Crippen molar-refractivity contribution in [2.45, 2.75) is 73.6 Å². The fourth-order valence-electron chi connectivity index (χ4n) is 5.29. The van der Waals surface area contributed by atoms with E-state index in [1.807, 2.05) is 0 Å². The van der Waals surface area contributed by atoms with Gasteiger partial charge in [0.05, 0.1) is 0 Å². The SMILES string of the molecule is CC(=O)c1c(O)cc2c(c1O)C(CC(C)C)C1=C(O2)C(C)(C)CC(C)(C)C1. The Bertz CT molecular complexity index is 827. The predicted octanol–water partition coefficient (Wildman–Crippen LogP) is 5.92. The summed E-state index contributed by atoms with van der Waals surface area (Å²) in [4.78, 5) is 12.0. The fourth-order valence-corrected chi connectivity index (χ4v) is 5.29. The van der Waals surface area contributed by atoms with E-state index in [0.717, 1.165) is 25.0 Å². The maximum atomic E-state index is 12.0. The number of ketones is 1. The number of allylic oxidation sites excluding steroid dienone is 2. The molecular formula is C23H32O4. The molecule has 1 aromatic carbocycles. The molecule has 1 heterocycles. The van der Waals surface area contributed by atoms with Gasteiger partial charge in [-0.05, 0) is 43.1 Å². The average Bonchev–Trinajstić information content (AvgIpc) is 2.45. The number of fused-ring (bicyclic) bond motifs is 1. The molecule has 1 aliphatic heterocycles. The molecular weight excluding hydrogens is 340 g/mol. The minimum Gasteiger partial charge on any atom is -0.507 e. The molecule has 1 aliphatic carbocycles. The molecule has 1 aromatic rings. The number of hydrogen-bond acceptors (Lipinski definition) is 4. The van der Waals surface area contributed by atoms with E-state index in [-0.39, 0.29) is 39.6 Å². The van der Waals surface area contributed by atoms with Crippen LogP contribution in [0.2, 0.25) is 0 Å². The van der Waals surface area contributed by atoms with E-state index in [1.54, 1.807) is 0 Å². The van der Waals surface area contributed by atoms with Crippen LogP contribution >= 0.6 is 0 Å². The minimum atomic E-state index is -0.347. The topological polar surface area (TPSA) is 66.8 Å². The van der Waals surface area contributed by atoms with Gasteiger partial charge in [-0.1, -0.05) is 41.5 Å². The largest absolute Gasteiger partial charge is 0.507 e. The number of benzene rings is 1. The van der Waals surface area contributed by atoms with Crippen molar-refractivity contribution in [2.24, 2.45) is 16.7 Å². The molecule has 3 rings (SSSR count). The minimum absolute atomic E-state index is 0.00974. The molecule has 4 heteroatoms. The molecule has 0 spiro atoms. The van der Waals surface area contributed by atoms with Crippen molar-refractivity contribution >= 4 is 5.78 Å². The quantitative estimate of drug-likeness (QED) is 0.646. The molecule has 0 radical (unpaired) electrons. The highest BCUT2D eigenvalue weighted by molar-refractivity contribution is 6.00. The summed E-state index contributed by atoms with van der Waals surface area (Å²) in [5.74, 6) is 1.15. The summed E-state index contributed by atoms with van der Waals surface area (Å²) < 4.78 is 6.30. The van der Waals surface area contributed by atoms with Crippen LogP contribution in [-0.4, -0.2) is 16.0 Å². The first-order valence-electron chi connectivity index (χ1n) is 9.85. The van der Waals surface area contributed by atoms with Gasteiger partial charge in [-0.15, -0.1) is 0 Å². The van der Waals surface area contributed by atoms with E-state index in [4.69, 9.17) is 4.74 Å². The first-order chi connectivity index (χ1) is 12.3. The molecule has 4 nitrogen and oxygen atoms in total. The monoisotopic (exact) mass is 372 g/mol. The second kappa shape index (κ2) is 6.29. The van der Waals surface area contributed by atoms with E-state index in [2.05, 4.69) is 41.5 Å². The molecule has 0 amide bonds. The zero-order chi connectivity index (χ0) is 20.3. The van der Waals surface area contributed by atoms with E-state index in [1.165, 1.54) is 18.6 Å². The molecule has 2 aliphatic rings. The van der Waals surface area contributed by atoms with Crippen LogP contribution in [-0.2, 0) is 0 Å². The molecule has 0 bridgehead atoms. The summed E-state index contributed by atoms with van der Waals surface area (Å²) in [5, 5.41) is 21.3. The van der Waals surface area contributed by atoms with Gasteiger partial charge in [0.15, 0.2) is 5.78 Å². The Hall–Kier alpha value is -1.97. The normalized spacial score (nSPS) is 22.9. The molecule has 1 unspecified atom stereocenters. The molecule has 1 atom stereocenters. The van der Waals surface area contributed by atoms with Crippen molar-refractivity contribution in [1.82, 2.24) is 0 Å². The van der Waals surface area contributed by atoms with Crippen LogP contribution in [0, 0.1) is 16.7 Å². The lowest BCUT2D eigenvalue weighted by atomic mass is 9.61. The van der Waals surface area contributed by atoms with Crippen molar-refractivity contribution in [1.29, 1.82) is 0 Å². The number of phenolic OH excluding ortho intramolecular Hbond substituents is 2. The molecule has 0 aromatic heterocycles. The van der Waals surface area contributed by atoms with E-state index >= 15 is 0 Å². The summed E-state index contributed by atoms with van der Waals surface area (Å²) in [6.07, 6.45) is 2.77. The number of ether oxygens (including phenoxy) is 1. The van der Waals surface area contributed by atoms with Crippen molar-refractivity contribution in [3.05, 3.63) is 28.5 Å². The lowest BCUT2D eigenvalue weighted by Gasteiger charge is -2.47. The highest BCUT2D eigenvalue weighted by Gasteiger charge is 2.46. The van der Waals surface area contributed by atoms with Crippen LogP contribution in [0.5, 0.6) is 17.2 Å². The lowest BCUT2D eigenvalue weighted by Crippen LogP contribution is -2.37. The van der Waals surface area contributed by atoms with Crippen LogP contribution in [0.1, 0.15) is 89.6 Å². The van der Waals surface area contributed by atoms with E-state index in [0.29, 0.717) is 17.2 Å². The molecule has 148 valence electrons. The van der Waals surface area contributed by atoms with Crippen molar-refractivity contribution in [3.8, 4) is 17.2 Å². The Kier molecular flexibility index (Phi) is 4.61. The number of aromatic hydroxyl groups is 2. The highest BCUT2D eigenvalue weighted by Crippen LogP contribution is 2.59. The number of rotatable bonds is 3. The van der Waals surface area contributed by atoms with Gasteiger partial charge in [0.2, 0.25) is 0 Å². The Morgan fingerprint density at radius 1 is 1.26 bits per heavy atom. The second-order valence-corrected chi connectivity index (χ2v) is 10.1. The second-order valence-electron chi connectivity index (χ2n) is 10.1. The summed E-state index contributed by atoms with van der Waals surface area (Å²) in [7, 11) is 0. The number of carbonyl (C=O) groups is 1. The molecule has 2 N–H and O–H groups in total. The molecule has 27 heavy (non-hydrogen) atoms. The van der Waals surface area contributed by atoms with Gasteiger partial charge in [0.1, 0.15) is 28.6 Å². The summed E-state index contributed by atoms with van der Waals surface area (Å²) >= 11 is 0. The third-order valence-corrected chi connectivity index (χ3v) is 5.82. The third kappa shape index (κ3) is 3.35. The zero-order valence-corrected chi connectivity index (χ0v) is 17.6. The Balaban J connectivity index is 2.27. The number of phenols is 2. The number of hydrogen-bond donors (Lipinski definition) is 2. The van der Waals surface area contributed by atoms with Gasteiger partial charge in [-0.3, -0.25) is 4.79 Å². The van der Waals surface area contributed by atoms with Crippen molar-refractivity contribution < 1.29 is 19.7 Å². The van der Waals surface area contributed by atoms with E-state index < -0.39 is 0 Å². The van der Waals surface area contributed by atoms with Gasteiger partial charge in [-0.2, -0.15) is 0 Å². The zero-order valence-electron chi connectivity index (χ0n) is 17.6. The fraction of sp³-hybridized carbons (Fsp3) is 0.609. The number of carbonyl (C=O) groups excluding carboxylic acids is 1. The van der Waals surface area contributed by atoms with Crippen LogP contribution in [0.4, 0.5) is 0 Å². The maximum absolute atomic E-state index is 12.0. The van der Waals surface area contributed by atoms with Crippen LogP contribution in [0.3, 0.4) is 0 Å². The molecule has 0 saturated heterocycles. The summed E-state index contributed by atoms with van der Waals surface area (Å²) in [5.41, 5.74) is 1.87. The lowest BCUT2D eigenvalue weighted by molar-refractivity contribution is 0.101. The summed E-state index contributed by atoms with van der Waals surface area (Å²) in [6, 6.07) is 1.50. The summed E-state index contributed by atoms with van der Waals surface area (Å²) in [6.45, 7) is 14.6. The third-order valence-electron chi connectivity index (χ3n) is 5.82. The van der Waals surface area contributed by atoms with Gasteiger partial charge in [-0.25, -0.2) is 0 Å². The van der Waals surface area contributed by atoms with Gasteiger partial charge in [0, 0.05) is 23.0 Å². The molecule has 0 saturated carbocycles. The Morgan fingerprint density at radius 2 is 1.89 bits per heavy atom.